The van der Waals surface area contributed by atoms with Crippen molar-refractivity contribution >= 4 is 24.0 Å². The largest absolute Gasteiger partial charge is 0.478 e. The van der Waals surface area contributed by atoms with Gasteiger partial charge in [0.1, 0.15) is 17.2 Å². The van der Waals surface area contributed by atoms with E-state index in [1.807, 2.05) is 0 Å². The SMILES string of the molecule is CN1C(=O)N/C(=C\c2ccc(-c3cccc(C(=O)O)c3)o2)C1=O. The molecular weight excluding hydrogens is 300 g/mol. The first-order chi connectivity index (χ1) is 11.0. The molecule has 0 spiro atoms. The highest BCUT2D eigenvalue weighted by Crippen LogP contribution is 2.24. The maximum absolute atomic E-state index is 11.8. The Kier molecular flexibility index (Phi) is 3.46. The lowest BCUT2D eigenvalue weighted by atomic mass is 10.1. The number of amides is 3. The minimum absolute atomic E-state index is 0.123. The lowest BCUT2D eigenvalue weighted by Crippen LogP contribution is -2.25. The Morgan fingerprint density at radius 2 is 2.04 bits per heavy atom. The predicted molar refractivity (Wildman–Crippen MR) is 80.4 cm³/mol. The van der Waals surface area contributed by atoms with Gasteiger partial charge in [-0.1, -0.05) is 12.1 Å². The van der Waals surface area contributed by atoms with Crippen molar-refractivity contribution in [3.63, 3.8) is 0 Å². The summed E-state index contributed by atoms with van der Waals surface area (Å²) >= 11 is 0. The molecule has 3 amide bonds. The highest BCUT2D eigenvalue weighted by Gasteiger charge is 2.30. The van der Waals surface area contributed by atoms with Gasteiger partial charge in [-0.05, 0) is 24.3 Å². The Morgan fingerprint density at radius 3 is 2.70 bits per heavy atom. The molecule has 2 N–H and O–H groups in total. The number of nitrogens with zero attached hydrogens (tertiary/aromatic N) is 1. The van der Waals surface area contributed by atoms with Crippen LogP contribution in [0.25, 0.3) is 17.4 Å². The van der Waals surface area contributed by atoms with E-state index in [1.54, 1.807) is 24.3 Å². The van der Waals surface area contributed by atoms with Gasteiger partial charge in [0.15, 0.2) is 0 Å². The Morgan fingerprint density at radius 1 is 1.26 bits per heavy atom. The lowest BCUT2D eigenvalue weighted by molar-refractivity contribution is -0.121. The number of hydrogen-bond donors (Lipinski definition) is 2. The Balaban J connectivity index is 1.90. The van der Waals surface area contributed by atoms with Gasteiger partial charge in [0.2, 0.25) is 0 Å². The number of carboxylic acid groups (broad SMARTS) is 1. The van der Waals surface area contributed by atoms with Crippen LogP contribution in [0.1, 0.15) is 16.1 Å². The molecule has 1 aliphatic rings. The van der Waals surface area contributed by atoms with E-state index in [9.17, 15) is 14.4 Å². The van der Waals surface area contributed by atoms with Crippen LogP contribution in [-0.4, -0.2) is 35.0 Å². The van der Waals surface area contributed by atoms with Crippen LogP contribution < -0.4 is 5.32 Å². The number of likely N-dealkylation sites (N-methyl/N-ethyl adjacent to an activating group) is 1. The number of furan rings is 1. The number of carbonyl (C=O) groups excluding carboxylic acids is 2. The smallest absolute Gasteiger partial charge is 0.335 e. The lowest BCUT2D eigenvalue weighted by Gasteiger charge is -1.99. The summed E-state index contributed by atoms with van der Waals surface area (Å²) in [4.78, 5) is 35.1. The third kappa shape index (κ3) is 2.71. The molecule has 1 aromatic carbocycles. The number of carboxylic acids is 1. The van der Waals surface area contributed by atoms with Crippen LogP contribution in [0.3, 0.4) is 0 Å². The number of benzene rings is 1. The van der Waals surface area contributed by atoms with Crippen molar-refractivity contribution in [1.29, 1.82) is 0 Å². The molecule has 7 nitrogen and oxygen atoms in total. The summed E-state index contributed by atoms with van der Waals surface area (Å²) in [6.45, 7) is 0. The molecule has 7 heteroatoms. The van der Waals surface area contributed by atoms with E-state index >= 15 is 0 Å². The molecule has 1 fully saturated rings. The number of carbonyl (C=O) groups is 3. The molecule has 23 heavy (non-hydrogen) atoms. The standard InChI is InChI=1S/C16H12N2O5/c1-18-14(19)12(17-16(18)22)8-11-5-6-13(23-11)9-3-2-4-10(7-9)15(20)21/h2-8H,1H3,(H,17,22)(H,20,21)/b12-8-. The van der Waals surface area contributed by atoms with E-state index in [4.69, 9.17) is 9.52 Å². The number of hydrogen-bond acceptors (Lipinski definition) is 4. The van der Waals surface area contributed by atoms with Gasteiger partial charge in [0.25, 0.3) is 5.91 Å². The van der Waals surface area contributed by atoms with Crippen LogP contribution in [-0.2, 0) is 4.79 Å². The van der Waals surface area contributed by atoms with Crippen molar-refractivity contribution in [2.75, 3.05) is 7.05 Å². The quantitative estimate of drug-likeness (QED) is 0.668. The van der Waals surface area contributed by atoms with E-state index in [2.05, 4.69) is 5.32 Å². The average molecular weight is 312 g/mol. The van der Waals surface area contributed by atoms with Crippen molar-refractivity contribution in [3.8, 4) is 11.3 Å². The maximum atomic E-state index is 11.8. The molecule has 1 aromatic heterocycles. The molecular formula is C16H12N2O5. The summed E-state index contributed by atoms with van der Waals surface area (Å²) in [7, 11) is 1.38. The first-order valence-corrected chi connectivity index (χ1v) is 6.70. The molecule has 0 saturated carbocycles. The van der Waals surface area contributed by atoms with Gasteiger partial charge in [-0.3, -0.25) is 9.69 Å². The minimum atomic E-state index is -1.02. The molecule has 0 atom stereocenters. The Hall–Kier alpha value is -3.35. The van der Waals surface area contributed by atoms with E-state index in [-0.39, 0.29) is 11.3 Å². The molecule has 1 aliphatic heterocycles. The maximum Gasteiger partial charge on any atom is 0.335 e. The number of nitrogens with one attached hydrogen (secondary N) is 1. The van der Waals surface area contributed by atoms with Crippen molar-refractivity contribution in [3.05, 3.63) is 53.4 Å². The molecule has 0 unspecified atom stereocenters. The molecule has 3 rings (SSSR count). The molecule has 2 aromatic rings. The molecule has 1 saturated heterocycles. The first kappa shape index (κ1) is 14.6. The summed E-state index contributed by atoms with van der Waals surface area (Å²) in [6, 6.07) is 9.12. The summed E-state index contributed by atoms with van der Waals surface area (Å²) in [5, 5.41) is 11.4. The fraction of sp³-hybridized carbons (Fsp3) is 0.0625. The fourth-order valence-corrected chi connectivity index (χ4v) is 2.16. The average Bonchev–Trinajstić information content (AvgIpc) is 3.09. The molecule has 0 bridgehead atoms. The first-order valence-electron chi connectivity index (χ1n) is 6.70. The highest BCUT2D eigenvalue weighted by molar-refractivity contribution is 6.13. The van der Waals surface area contributed by atoms with Gasteiger partial charge in [0, 0.05) is 18.7 Å². The van der Waals surface area contributed by atoms with Gasteiger partial charge in [-0.2, -0.15) is 0 Å². The second-order valence-corrected chi connectivity index (χ2v) is 4.94. The van der Waals surface area contributed by atoms with Crippen molar-refractivity contribution in [1.82, 2.24) is 10.2 Å². The zero-order valence-corrected chi connectivity index (χ0v) is 12.1. The van der Waals surface area contributed by atoms with Crippen LogP contribution in [0, 0.1) is 0 Å². The normalized spacial score (nSPS) is 16.0. The Bertz CT molecular complexity index is 850. The zero-order valence-electron chi connectivity index (χ0n) is 12.1. The third-order valence-electron chi connectivity index (χ3n) is 3.39. The van der Waals surface area contributed by atoms with Gasteiger partial charge in [-0.15, -0.1) is 0 Å². The van der Waals surface area contributed by atoms with Crippen LogP contribution in [0.15, 0.2) is 46.5 Å². The predicted octanol–water partition coefficient (Wildman–Crippen LogP) is 2.17. The molecule has 0 aliphatic carbocycles. The van der Waals surface area contributed by atoms with E-state index in [1.165, 1.54) is 25.3 Å². The van der Waals surface area contributed by atoms with E-state index in [0.29, 0.717) is 17.1 Å². The summed E-state index contributed by atoms with van der Waals surface area (Å²) in [5.41, 5.74) is 0.879. The third-order valence-corrected chi connectivity index (χ3v) is 3.39. The van der Waals surface area contributed by atoms with Gasteiger partial charge in [0.05, 0.1) is 5.56 Å². The van der Waals surface area contributed by atoms with Crippen LogP contribution >= 0.6 is 0 Å². The second kappa shape index (κ2) is 5.45. The van der Waals surface area contributed by atoms with Gasteiger partial charge in [-0.25, -0.2) is 9.59 Å². The minimum Gasteiger partial charge on any atom is -0.478 e. The summed E-state index contributed by atoms with van der Waals surface area (Å²) < 4.78 is 5.59. The van der Waals surface area contributed by atoms with Crippen LogP contribution in [0.2, 0.25) is 0 Å². The van der Waals surface area contributed by atoms with Crippen molar-refractivity contribution in [2.24, 2.45) is 0 Å². The van der Waals surface area contributed by atoms with Crippen LogP contribution in [0.5, 0.6) is 0 Å². The number of rotatable bonds is 3. The second-order valence-electron chi connectivity index (χ2n) is 4.94. The monoisotopic (exact) mass is 312 g/mol. The molecule has 116 valence electrons. The molecule has 2 heterocycles. The van der Waals surface area contributed by atoms with E-state index in [0.717, 1.165) is 4.90 Å². The van der Waals surface area contributed by atoms with Crippen LogP contribution in [0.4, 0.5) is 4.79 Å². The van der Waals surface area contributed by atoms with Gasteiger partial charge >= 0.3 is 12.0 Å². The topological polar surface area (TPSA) is 99.8 Å². The number of aromatic carboxylic acids is 1. The Labute approximate surface area is 130 Å². The highest BCUT2D eigenvalue weighted by atomic mass is 16.4. The van der Waals surface area contributed by atoms with E-state index < -0.39 is 17.9 Å². The fourth-order valence-electron chi connectivity index (χ4n) is 2.16. The zero-order chi connectivity index (χ0) is 16.6. The van der Waals surface area contributed by atoms with Gasteiger partial charge < -0.3 is 14.8 Å². The number of imide groups is 1. The number of urea groups is 1. The van der Waals surface area contributed by atoms with Crippen molar-refractivity contribution < 1.29 is 23.9 Å². The molecule has 0 radical (unpaired) electrons. The van der Waals surface area contributed by atoms with Crippen molar-refractivity contribution in [2.45, 2.75) is 0 Å². The summed E-state index contributed by atoms with van der Waals surface area (Å²) in [5.74, 6) is -0.631. The summed E-state index contributed by atoms with van der Waals surface area (Å²) in [6.07, 6.45) is 1.42.